The van der Waals surface area contributed by atoms with Crippen LogP contribution >= 0.6 is 0 Å². The topological polar surface area (TPSA) is 18.5 Å². The summed E-state index contributed by atoms with van der Waals surface area (Å²) in [4.78, 5) is 0. The predicted molar refractivity (Wildman–Crippen MR) is 59.6 cm³/mol. The highest BCUT2D eigenvalue weighted by Crippen LogP contribution is 2.10. The van der Waals surface area contributed by atoms with Crippen molar-refractivity contribution in [3.63, 3.8) is 0 Å². The van der Waals surface area contributed by atoms with Gasteiger partial charge in [0.2, 0.25) is 0 Å². The summed E-state index contributed by atoms with van der Waals surface area (Å²) >= 11 is 0. The standard InChI is InChI=1S/C10H24O2Si/c1-10(6-8-11-2)7-9-12-13(3,4)5/h10H,6-9H2,1-5H3. The summed E-state index contributed by atoms with van der Waals surface area (Å²) in [6, 6.07) is 0. The lowest BCUT2D eigenvalue weighted by Gasteiger charge is -2.18. The van der Waals surface area contributed by atoms with Gasteiger partial charge in [-0.15, -0.1) is 0 Å². The zero-order chi connectivity index (χ0) is 10.3. The zero-order valence-electron chi connectivity index (χ0n) is 9.72. The molecule has 0 aliphatic heterocycles. The van der Waals surface area contributed by atoms with Crippen molar-refractivity contribution in [3.8, 4) is 0 Å². The van der Waals surface area contributed by atoms with Gasteiger partial charge in [0.05, 0.1) is 0 Å². The first-order valence-electron chi connectivity index (χ1n) is 5.08. The molecular weight excluding hydrogens is 180 g/mol. The summed E-state index contributed by atoms with van der Waals surface area (Å²) in [6.45, 7) is 10.7. The molecule has 0 radical (unpaired) electrons. The maximum Gasteiger partial charge on any atom is 0.183 e. The highest BCUT2D eigenvalue weighted by molar-refractivity contribution is 6.69. The molecule has 0 aromatic heterocycles. The second-order valence-corrected chi connectivity index (χ2v) is 9.15. The Bertz CT molecular complexity index is 121. The van der Waals surface area contributed by atoms with Crippen molar-refractivity contribution in [2.75, 3.05) is 20.3 Å². The van der Waals surface area contributed by atoms with Crippen molar-refractivity contribution in [2.24, 2.45) is 5.92 Å². The van der Waals surface area contributed by atoms with Gasteiger partial charge < -0.3 is 9.16 Å². The van der Waals surface area contributed by atoms with Gasteiger partial charge in [-0.1, -0.05) is 6.92 Å². The molecule has 80 valence electrons. The monoisotopic (exact) mass is 204 g/mol. The lowest BCUT2D eigenvalue weighted by atomic mass is 10.1. The Morgan fingerprint density at radius 1 is 1.08 bits per heavy atom. The van der Waals surface area contributed by atoms with Crippen LogP contribution in [0.15, 0.2) is 0 Å². The normalized spacial score (nSPS) is 14.5. The van der Waals surface area contributed by atoms with Gasteiger partial charge in [-0.25, -0.2) is 0 Å². The van der Waals surface area contributed by atoms with Gasteiger partial charge in [0.25, 0.3) is 0 Å². The molecule has 0 amide bonds. The fraction of sp³-hybridized carbons (Fsp3) is 1.00. The molecular formula is C10H24O2Si. The molecule has 0 bridgehead atoms. The summed E-state index contributed by atoms with van der Waals surface area (Å²) in [5.41, 5.74) is 0. The molecule has 1 unspecified atom stereocenters. The number of hydrogen-bond donors (Lipinski definition) is 0. The van der Waals surface area contributed by atoms with Crippen LogP contribution in [0.2, 0.25) is 19.6 Å². The van der Waals surface area contributed by atoms with E-state index in [9.17, 15) is 0 Å². The number of methoxy groups -OCH3 is 1. The third kappa shape index (κ3) is 10.1. The van der Waals surface area contributed by atoms with Crippen LogP contribution in [-0.2, 0) is 9.16 Å². The average Bonchev–Trinajstić information content (AvgIpc) is 1.98. The van der Waals surface area contributed by atoms with Crippen molar-refractivity contribution >= 4 is 8.32 Å². The van der Waals surface area contributed by atoms with E-state index >= 15 is 0 Å². The van der Waals surface area contributed by atoms with E-state index in [4.69, 9.17) is 9.16 Å². The lowest BCUT2D eigenvalue weighted by molar-refractivity contribution is 0.171. The van der Waals surface area contributed by atoms with E-state index in [1.54, 1.807) is 7.11 Å². The van der Waals surface area contributed by atoms with Crippen LogP contribution in [0.25, 0.3) is 0 Å². The van der Waals surface area contributed by atoms with Crippen LogP contribution < -0.4 is 0 Å². The molecule has 0 spiro atoms. The minimum Gasteiger partial charge on any atom is -0.418 e. The van der Waals surface area contributed by atoms with Gasteiger partial charge in [-0.2, -0.15) is 0 Å². The molecule has 0 aliphatic carbocycles. The molecule has 0 aromatic rings. The van der Waals surface area contributed by atoms with Crippen LogP contribution in [0, 0.1) is 5.92 Å². The summed E-state index contributed by atoms with van der Waals surface area (Å²) < 4.78 is 10.8. The number of hydrogen-bond acceptors (Lipinski definition) is 2. The Kier molecular flexibility index (Phi) is 6.64. The first-order valence-corrected chi connectivity index (χ1v) is 8.49. The largest absolute Gasteiger partial charge is 0.418 e. The second-order valence-electron chi connectivity index (χ2n) is 4.64. The third-order valence-electron chi connectivity index (χ3n) is 1.96. The van der Waals surface area contributed by atoms with Crippen LogP contribution in [0.5, 0.6) is 0 Å². The van der Waals surface area contributed by atoms with E-state index in [1.165, 1.54) is 0 Å². The maximum atomic E-state index is 5.78. The number of rotatable bonds is 7. The average molecular weight is 204 g/mol. The Morgan fingerprint density at radius 3 is 2.08 bits per heavy atom. The molecule has 0 saturated heterocycles. The first-order chi connectivity index (χ1) is 5.95. The van der Waals surface area contributed by atoms with E-state index in [2.05, 4.69) is 26.6 Å². The zero-order valence-corrected chi connectivity index (χ0v) is 10.7. The van der Waals surface area contributed by atoms with E-state index in [0.717, 1.165) is 32.0 Å². The molecule has 2 nitrogen and oxygen atoms in total. The van der Waals surface area contributed by atoms with E-state index < -0.39 is 8.32 Å². The molecule has 0 fully saturated rings. The van der Waals surface area contributed by atoms with E-state index in [1.807, 2.05) is 0 Å². The fourth-order valence-corrected chi connectivity index (χ4v) is 1.76. The van der Waals surface area contributed by atoms with Crippen molar-refractivity contribution in [1.29, 1.82) is 0 Å². The van der Waals surface area contributed by atoms with Crippen LogP contribution in [0.3, 0.4) is 0 Å². The van der Waals surface area contributed by atoms with Crippen LogP contribution in [-0.4, -0.2) is 28.6 Å². The minimum atomic E-state index is -1.29. The van der Waals surface area contributed by atoms with Gasteiger partial charge in [-0.05, 0) is 38.4 Å². The smallest absolute Gasteiger partial charge is 0.183 e. The fourth-order valence-electron chi connectivity index (χ4n) is 1.03. The maximum absolute atomic E-state index is 5.78. The van der Waals surface area contributed by atoms with Gasteiger partial charge >= 0.3 is 0 Å². The summed E-state index contributed by atoms with van der Waals surface area (Å²) in [6.07, 6.45) is 2.30. The molecule has 0 rings (SSSR count). The molecule has 0 aliphatic rings. The molecule has 0 heterocycles. The van der Waals surface area contributed by atoms with Crippen molar-refractivity contribution in [2.45, 2.75) is 39.4 Å². The van der Waals surface area contributed by atoms with Crippen molar-refractivity contribution in [1.82, 2.24) is 0 Å². The van der Waals surface area contributed by atoms with E-state index in [0.29, 0.717) is 0 Å². The quantitative estimate of drug-likeness (QED) is 0.594. The summed E-state index contributed by atoms with van der Waals surface area (Å²) in [5, 5.41) is 0. The highest BCUT2D eigenvalue weighted by atomic mass is 28.4. The van der Waals surface area contributed by atoms with Gasteiger partial charge in [0.1, 0.15) is 0 Å². The number of ether oxygens (including phenoxy) is 1. The summed E-state index contributed by atoms with van der Waals surface area (Å²) in [5.74, 6) is 0.719. The first kappa shape index (κ1) is 13.1. The van der Waals surface area contributed by atoms with Gasteiger partial charge in [0.15, 0.2) is 8.32 Å². The molecule has 1 atom stereocenters. The summed E-state index contributed by atoms with van der Waals surface area (Å²) in [7, 11) is 0.469. The molecule has 0 aromatic carbocycles. The molecule has 0 saturated carbocycles. The Morgan fingerprint density at radius 2 is 1.62 bits per heavy atom. The van der Waals surface area contributed by atoms with Crippen molar-refractivity contribution < 1.29 is 9.16 Å². The van der Waals surface area contributed by atoms with Gasteiger partial charge in [0, 0.05) is 20.3 Å². The Hall–Kier alpha value is 0.137. The SMILES string of the molecule is COCCC(C)CCO[Si](C)(C)C. The molecule has 13 heavy (non-hydrogen) atoms. The highest BCUT2D eigenvalue weighted by Gasteiger charge is 2.14. The third-order valence-corrected chi connectivity index (χ3v) is 3.03. The van der Waals surface area contributed by atoms with Crippen LogP contribution in [0.1, 0.15) is 19.8 Å². The molecule has 0 N–H and O–H groups in total. The molecule has 3 heteroatoms. The van der Waals surface area contributed by atoms with Crippen LogP contribution in [0.4, 0.5) is 0 Å². The predicted octanol–water partition coefficient (Wildman–Crippen LogP) is 2.90. The van der Waals surface area contributed by atoms with Crippen molar-refractivity contribution in [3.05, 3.63) is 0 Å². The lowest BCUT2D eigenvalue weighted by Crippen LogP contribution is -2.26. The van der Waals surface area contributed by atoms with Gasteiger partial charge in [-0.3, -0.25) is 0 Å². The second kappa shape index (κ2) is 6.57. The van der Waals surface area contributed by atoms with E-state index in [-0.39, 0.29) is 0 Å². The minimum absolute atomic E-state index is 0.719. The Balaban J connectivity index is 3.31. The Labute approximate surface area is 83.8 Å².